The van der Waals surface area contributed by atoms with E-state index in [4.69, 9.17) is 14.6 Å². The molecule has 40 heavy (non-hydrogen) atoms. The Hall–Kier alpha value is -3.85. The van der Waals surface area contributed by atoms with E-state index in [1.165, 1.54) is 16.8 Å². The summed E-state index contributed by atoms with van der Waals surface area (Å²) in [6.45, 7) is 4.01. The number of amides is 2. The number of rotatable bonds is 9. The maximum Gasteiger partial charge on any atom is 0.304 e. The third-order valence-electron chi connectivity index (χ3n) is 7.14. The molecule has 1 N–H and O–H groups in total. The number of carbonyl (C=O) groups excluding carboxylic acids is 2. The van der Waals surface area contributed by atoms with Gasteiger partial charge in [-0.05, 0) is 74.9 Å². The van der Waals surface area contributed by atoms with Gasteiger partial charge in [0, 0.05) is 11.8 Å². The van der Waals surface area contributed by atoms with Gasteiger partial charge >= 0.3 is 5.24 Å². The molecule has 2 atom stereocenters. The number of hydrazone groups is 1. The van der Waals surface area contributed by atoms with Crippen LogP contribution in [0.4, 0.5) is 4.79 Å². The highest BCUT2D eigenvalue weighted by Crippen LogP contribution is 2.37. The molecular formula is C31H34N4O4S. The van der Waals surface area contributed by atoms with Crippen molar-refractivity contribution in [3.8, 4) is 11.5 Å². The summed E-state index contributed by atoms with van der Waals surface area (Å²) >= 11 is 1.21. The largest absolute Gasteiger partial charge is 0.493 e. The molecule has 0 bridgehead atoms. The summed E-state index contributed by atoms with van der Waals surface area (Å²) < 4.78 is 11.9. The second-order valence-corrected chi connectivity index (χ2v) is 11.2. The van der Waals surface area contributed by atoms with Gasteiger partial charge in [-0.1, -0.05) is 54.6 Å². The molecule has 3 aromatic rings. The van der Waals surface area contributed by atoms with Crippen LogP contribution >= 0.6 is 11.8 Å². The Morgan fingerprint density at radius 2 is 1.93 bits per heavy atom. The quantitative estimate of drug-likeness (QED) is 0.322. The molecule has 2 heterocycles. The van der Waals surface area contributed by atoms with E-state index in [2.05, 4.69) is 10.3 Å². The average molecular weight is 559 g/mol. The zero-order valence-corrected chi connectivity index (χ0v) is 23.8. The van der Waals surface area contributed by atoms with E-state index in [9.17, 15) is 9.59 Å². The fourth-order valence-electron chi connectivity index (χ4n) is 5.07. The van der Waals surface area contributed by atoms with Gasteiger partial charge in [0.25, 0.3) is 5.91 Å². The van der Waals surface area contributed by atoms with Crippen molar-refractivity contribution >= 4 is 28.6 Å². The number of aryl methyl sites for hydroxylation is 1. The summed E-state index contributed by atoms with van der Waals surface area (Å²) in [5, 5.41) is 8.90. The van der Waals surface area contributed by atoms with Gasteiger partial charge in [-0.25, -0.2) is 0 Å². The molecule has 0 saturated heterocycles. The fraction of sp³-hybridized carbons (Fsp3) is 0.355. The molecular weight excluding hydrogens is 524 g/mol. The standard InChI is InChI=1S/C31H34N4O4S/c1-4-27-28(21-15-16-25(38-3)26(19-21)39-23-12-5-6-13-23)34-35(31(37)40-27)29(22-11-9-10-20(2)18-22)33-30(36)24-14-7-8-17-32-24/h7-11,14-19,23,27,29H,4-6,12-13H2,1-3H3,(H,33,36). The number of thioether (sulfide) groups is 1. The van der Waals surface area contributed by atoms with Crippen LogP contribution in [0, 0.1) is 6.92 Å². The highest BCUT2D eigenvalue weighted by Gasteiger charge is 2.36. The topological polar surface area (TPSA) is 93.1 Å². The number of methoxy groups -OCH3 is 1. The number of carbonyl (C=O) groups is 2. The van der Waals surface area contributed by atoms with E-state index in [1.807, 2.05) is 56.3 Å². The predicted octanol–water partition coefficient (Wildman–Crippen LogP) is 6.50. The Bertz CT molecular complexity index is 1390. The number of ether oxygens (including phenoxy) is 2. The Balaban J connectivity index is 1.54. The highest BCUT2D eigenvalue weighted by molar-refractivity contribution is 8.14. The number of nitrogens with zero attached hydrogens (tertiary/aromatic N) is 3. The highest BCUT2D eigenvalue weighted by atomic mass is 32.2. The number of pyridine rings is 1. The lowest BCUT2D eigenvalue weighted by molar-refractivity contribution is 0.0882. The molecule has 9 heteroatoms. The van der Waals surface area contributed by atoms with E-state index in [1.54, 1.807) is 31.5 Å². The number of hydrogen-bond acceptors (Lipinski definition) is 7. The van der Waals surface area contributed by atoms with Crippen LogP contribution in [0.2, 0.25) is 0 Å². The van der Waals surface area contributed by atoms with E-state index in [-0.39, 0.29) is 22.3 Å². The van der Waals surface area contributed by atoms with Gasteiger partial charge in [0.1, 0.15) is 5.69 Å². The van der Waals surface area contributed by atoms with Crippen LogP contribution in [-0.2, 0) is 0 Å². The molecule has 1 aromatic heterocycles. The first-order chi connectivity index (χ1) is 19.5. The Kier molecular flexibility index (Phi) is 8.69. The maximum absolute atomic E-state index is 13.5. The zero-order chi connectivity index (χ0) is 28.1. The summed E-state index contributed by atoms with van der Waals surface area (Å²) in [6.07, 6.45) is 5.99. The van der Waals surface area contributed by atoms with Crippen molar-refractivity contribution in [2.45, 2.75) is 63.5 Å². The van der Waals surface area contributed by atoms with Crippen molar-refractivity contribution in [3.05, 3.63) is 89.2 Å². The van der Waals surface area contributed by atoms with Crippen molar-refractivity contribution in [2.75, 3.05) is 7.11 Å². The van der Waals surface area contributed by atoms with Crippen LogP contribution < -0.4 is 14.8 Å². The maximum atomic E-state index is 13.5. The van der Waals surface area contributed by atoms with Crippen molar-refractivity contribution in [1.29, 1.82) is 0 Å². The monoisotopic (exact) mass is 558 g/mol. The number of nitrogens with one attached hydrogen (secondary N) is 1. The van der Waals surface area contributed by atoms with Crippen LogP contribution in [0.5, 0.6) is 11.5 Å². The third-order valence-corrected chi connectivity index (χ3v) is 8.37. The minimum Gasteiger partial charge on any atom is -0.493 e. The first-order valence-electron chi connectivity index (χ1n) is 13.7. The molecule has 1 fully saturated rings. The van der Waals surface area contributed by atoms with E-state index in [0.717, 1.165) is 48.1 Å². The Morgan fingerprint density at radius 3 is 2.62 bits per heavy atom. The molecule has 1 saturated carbocycles. The number of benzene rings is 2. The van der Waals surface area contributed by atoms with Crippen LogP contribution in [-0.4, -0.2) is 45.3 Å². The van der Waals surface area contributed by atoms with Gasteiger partial charge in [0.05, 0.1) is 24.2 Å². The summed E-state index contributed by atoms with van der Waals surface area (Å²) in [5.74, 6) is 0.952. The van der Waals surface area contributed by atoms with Crippen LogP contribution in [0.15, 0.2) is 72.0 Å². The summed E-state index contributed by atoms with van der Waals surface area (Å²) in [4.78, 5) is 30.9. The van der Waals surface area contributed by atoms with E-state index >= 15 is 0 Å². The Morgan fingerprint density at radius 1 is 1.10 bits per heavy atom. The number of hydrogen-bond donors (Lipinski definition) is 1. The smallest absolute Gasteiger partial charge is 0.304 e. The summed E-state index contributed by atoms with van der Waals surface area (Å²) in [5.41, 5.74) is 3.61. The summed E-state index contributed by atoms with van der Waals surface area (Å²) in [7, 11) is 1.64. The SMILES string of the molecule is CCC1SC(=O)N(C(NC(=O)c2ccccn2)c2cccc(C)c2)N=C1c1ccc(OC)c(OC2CCCC2)c1. The molecule has 0 radical (unpaired) electrons. The van der Waals surface area contributed by atoms with E-state index < -0.39 is 12.1 Å². The molecule has 2 unspecified atom stereocenters. The van der Waals surface area contributed by atoms with Crippen molar-refractivity contribution in [3.63, 3.8) is 0 Å². The van der Waals surface area contributed by atoms with Crippen LogP contribution in [0.3, 0.4) is 0 Å². The van der Waals surface area contributed by atoms with Gasteiger partial charge in [0.15, 0.2) is 17.7 Å². The minimum absolute atomic E-state index is 0.152. The lowest BCUT2D eigenvalue weighted by Crippen LogP contribution is -2.44. The van der Waals surface area contributed by atoms with Crippen molar-refractivity contribution in [2.24, 2.45) is 5.10 Å². The van der Waals surface area contributed by atoms with Crippen molar-refractivity contribution in [1.82, 2.24) is 15.3 Å². The van der Waals surface area contributed by atoms with Crippen LogP contribution in [0.25, 0.3) is 0 Å². The van der Waals surface area contributed by atoms with Gasteiger partial charge in [0.2, 0.25) is 0 Å². The molecule has 2 aromatic carbocycles. The van der Waals surface area contributed by atoms with Gasteiger partial charge in [-0.3, -0.25) is 14.6 Å². The third kappa shape index (κ3) is 6.14. The first kappa shape index (κ1) is 27.7. The van der Waals surface area contributed by atoms with Gasteiger partial charge in [-0.2, -0.15) is 10.1 Å². The van der Waals surface area contributed by atoms with Gasteiger partial charge in [-0.15, -0.1) is 0 Å². The molecule has 1 aliphatic heterocycles. The zero-order valence-electron chi connectivity index (χ0n) is 23.0. The van der Waals surface area contributed by atoms with Crippen LogP contribution in [0.1, 0.15) is 72.4 Å². The fourth-order valence-corrected chi connectivity index (χ4v) is 6.03. The van der Waals surface area contributed by atoms with Gasteiger partial charge < -0.3 is 14.8 Å². The lowest BCUT2D eigenvalue weighted by atomic mass is 10.0. The molecule has 2 amide bonds. The van der Waals surface area contributed by atoms with Crippen molar-refractivity contribution < 1.29 is 19.1 Å². The summed E-state index contributed by atoms with van der Waals surface area (Å²) in [6, 6.07) is 18.6. The molecule has 5 rings (SSSR count). The Labute approximate surface area is 239 Å². The second kappa shape index (κ2) is 12.6. The molecule has 1 aliphatic carbocycles. The lowest BCUT2D eigenvalue weighted by Gasteiger charge is -2.34. The second-order valence-electron chi connectivity index (χ2n) is 10.0. The molecule has 0 spiro atoms. The normalized spacial score (nSPS) is 18.3. The minimum atomic E-state index is -0.824. The first-order valence-corrected chi connectivity index (χ1v) is 14.6. The van der Waals surface area contributed by atoms with E-state index in [0.29, 0.717) is 17.9 Å². The molecule has 2 aliphatic rings. The molecule has 8 nitrogen and oxygen atoms in total. The average Bonchev–Trinajstić information content (AvgIpc) is 3.49. The molecule has 208 valence electrons. The number of aromatic nitrogens is 1. The predicted molar refractivity (Wildman–Crippen MR) is 157 cm³/mol.